The first-order valence-electron chi connectivity index (χ1n) is 6.20. The predicted octanol–water partition coefficient (Wildman–Crippen LogP) is 1.84. The fraction of sp³-hybridized carbons (Fsp3) is 0.571. The Morgan fingerprint density at radius 1 is 1.28 bits per heavy atom. The molecule has 4 heteroatoms. The number of ether oxygens (including phenoxy) is 3. The van der Waals surface area contributed by atoms with Gasteiger partial charge in [0.05, 0.1) is 12.7 Å². The van der Waals surface area contributed by atoms with Gasteiger partial charge in [-0.2, -0.15) is 0 Å². The normalized spacial score (nSPS) is 12.4. The molecule has 0 saturated carbocycles. The smallest absolute Gasteiger partial charge is 0.119 e. The summed E-state index contributed by atoms with van der Waals surface area (Å²) in [5, 5.41) is 3.30. The fourth-order valence-corrected chi connectivity index (χ4v) is 1.43. The molecule has 0 bridgehead atoms. The molecule has 0 aliphatic heterocycles. The average Bonchev–Trinajstić information content (AvgIpc) is 2.41. The van der Waals surface area contributed by atoms with Gasteiger partial charge in [-0.25, -0.2) is 0 Å². The van der Waals surface area contributed by atoms with Crippen LogP contribution in [0.2, 0.25) is 0 Å². The largest absolute Gasteiger partial charge is 0.491 e. The lowest BCUT2D eigenvalue weighted by Gasteiger charge is -2.12. The summed E-state index contributed by atoms with van der Waals surface area (Å²) in [5.74, 6) is 0.880. The van der Waals surface area contributed by atoms with Gasteiger partial charge in [0.25, 0.3) is 0 Å². The molecule has 0 radical (unpaired) electrons. The fourth-order valence-electron chi connectivity index (χ4n) is 1.43. The van der Waals surface area contributed by atoms with E-state index in [1.807, 2.05) is 25.1 Å². The molecule has 0 aliphatic carbocycles. The minimum absolute atomic E-state index is 0.105. The van der Waals surface area contributed by atoms with E-state index in [1.54, 1.807) is 14.2 Å². The zero-order chi connectivity index (χ0) is 13.2. The number of benzene rings is 1. The third-order valence-corrected chi connectivity index (χ3v) is 2.60. The molecule has 1 atom stereocenters. The third kappa shape index (κ3) is 6.00. The van der Waals surface area contributed by atoms with E-state index in [1.165, 1.54) is 5.56 Å². The lowest BCUT2D eigenvalue weighted by atomic mass is 10.2. The summed E-state index contributed by atoms with van der Waals surface area (Å²) in [6.07, 6.45) is 0.105. The van der Waals surface area contributed by atoms with Gasteiger partial charge in [-0.3, -0.25) is 0 Å². The Balaban J connectivity index is 2.36. The van der Waals surface area contributed by atoms with Crippen molar-refractivity contribution in [3.05, 3.63) is 29.8 Å². The molecule has 1 unspecified atom stereocenters. The minimum atomic E-state index is 0.105. The maximum Gasteiger partial charge on any atom is 0.119 e. The Morgan fingerprint density at radius 3 is 2.83 bits per heavy atom. The van der Waals surface area contributed by atoms with Gasteiger partial charge < -0.3 is 19.5 Å². The van der Waals surface area contributed by atoms with E-state index in [2.05, 4.69) is 11.4 Å². The van der Waals surface area contributed by atoms with Crippen LogP contribution >= 0.6 is 0 Å². The molecule has 0 saturated heterocycles. The summed E-state index contributed by atoms with van der Waals surface area (Å²) >= 11 is 0. The monoisotopic (exact) mass is 253 g/mol. The molecule has 1 rings (SSSR count). The van der Waals surface area contributed by atoms with Crippen molar-refractivity contribution in [3.63, 3.8) is 0 Å². The maximum atomic E-state index is 5.65. The molecule has 1 aromatic carbocycles. The summed E-state index contributed by atoms with van der Waals surface area (Å²) in [6.45, 7) is 4.94. The molecule has 0 aliphatic rings. The SMILES string of the molecule is COCCNCc1cccc(OCC(C)OC)c1. The van der Waals surface area contributed by atoms with Crippen molar-refractivity contribution in [1.82, 2.24) is 5.32 Å². The highest BCUT2D eigenvalue weighted by atomic mass is 16.5. The lowest BCUT2D eigenvalue weighted by Crippen LogP contribution is -2.18. The highest BCUT2D eigenvalue weighted by Gasteiger charge is 2.01. The van der Waals surface area contributed by atoms with E-state index in [0.29, 0.717) is 6.61 Å². The topological polar surface area (TPSA) is 39.7 Å². The first kappa shape index (κ1) is 15.0. The first-order chi connectivity index (χ1) is 8.76. The highest BCUT2D eigenvalue weighted by Crippen LogP contribution is 2.13. The third-order valence-electron chi connectivity index (χ3n) is 2.60. The van der Waals surface area contributed by atoms with Crippen LogP contribution in [0, 0.1) is 0 Å². The van der Waals surface area contributed by atoms with Crippen LogP contribution in [0.15, 0.2) is 24.3 Å². The molecular formula is C14H23NO3. The molecule has 0 fully saturated rings. The van der Waals surface area contributed by atoms with E-state index in [9.17, 15) is 0 Å². The molecule has 4 nitrogen and oxygen atoms in total. The minimum Gasteiger partial charge on any atom is -0.491 e. The molecule has 0 spiro atoms. The number of methoxy groups -OCH3 is 2. The Kier molecular flexibility index (Phi) is 7.41. The Morgan fingerprint density at radius 2 is 2.11 bits per heavy atom. The van der Waals surface area contributed by atoms with E-state index >= 15 is 0 Å². The van der Waals surface area contributed by atoms with Crippen LogP contribution in [0.1, 0.15) is 12.5 Å². The van der Waals surface area contributed by atoms with Gasteiger partial charge in [0.15, 0.2) is 0 Å². The van der Waals surface area contributed by atoms with Gasteiger partial charge in [0.1, 0.15) is 12.4 Å². The van der Waals surface area contributed by atoms with Gasteiger partial charge in [-0.05, 0) is 24.6 Å². The van der Waals surface area contributed by atoms with Gasteiger partial charge in [0.2, 0.25) is 0 Å². The van der Waals surface area contributed by atoms with E-state index in [-0.39, 0.29) is 6.10 Å². The molecule has 0 amide bonds. The standard InChI is InChI=1S/C14H23NO3/c1-12(17-3)11-18-14-6-4-5-13(9-14)10-15-7-8-16-2/h4-6,9,12,15H,7-8,10-11H2,1-3H3. The van der Waals surface area contributed by atoms with Crippen molar-refractivity contribution >= 4 is 0 Å². The van der Waals surface area contributed by atoms with Crippen molar-refractivity contribution in [3.8, 4) is 5.75 Å². The first-order valence-corrected chi connectivity index (χ1v) is 6.20. The van der Waals surface area contributed by atoms with Crippen LogP contribution in [-0.4, -0.2) is 40.1 Å². The number of rotatable bonds is 9. The number of hydrogen-bond donors (Lipinski definition) is 1. The van der Waals surface area contributed by atoms with Crippen LogP contribution < -0.4 is 10.1 Å². The van der Waals surface area contributed by atoms with Gasteiger partial charge in [0, 0.05) is 27.3 Å². The molecule has 1 aromatic rings. The van der Waals surface area contributed by atoms with Crippen LogP contribution in [0.5, 0.6) is 5.75 Å². The predicted molar refractivity (Wildman–Crippen MR) is 72.0 cm³/mol. The van der Waals surface area contributed by atoms with Crippen molar-refractivity contribution in [2.45, 2.75) is 19.6 Å². The van der Waals surface area contributed by atoms with Crippen molar-refractivity contribution in [2.75, 3.05) is 34.0 Å². The second kappa shape index (κ2) is 8.91. The summed E-state index contributed by atoms with van der Waals surface area (Å²) < 4.78 is 15.8. The highest BCUT2D eigenvalue weighted by molar-refractivity contribution is 5.28. The summed E-state index contributed by atoms with van der Waals surface area (Å²) in [5.41, 5.74) is 1.20. The van der Waals surface area contributed by atoms with Crippen LogP contribution in [0.4, 0.5) is 0 Å². The Bertz CT molecular complexity index is 331. The van der Waals surface area contributed by atoms with Crippen molar-refractivity contribution in [1.29, 1.82) is 0 Å². The summed E-state index contributed by atoms with van der Waals surface area (Å²) in [7, 11) is 3.39. The molecule has 18 heavy (non-hydrogen) atoms. The lowest BCUT2D eigenvalue weighted by molar-refractivity contribution is 0.0716. The second-order valence-corrected chi connectivity index (χ2v) is 4.17. The average molecular weight is 253 g/mol. The molecule has 0 aromatic heterocycles. The summed E-state index contributed by atoms with van der Waals surface area (Å²) in [6, 6.07) is 8.08. The van der Waals surface area contributed by atoms with E-state index in [4.69, 9.17) is 14.2 Å². The Labute approximate surface area is 109 Å². The Hall–Kier alpha value is -1.10. The summed E-state index contributed by atoms with van der Waals surface area (Å²) in [4.78, 5) is 0. The molecule has 0 heterocycles. The van der Waals surface area contributed by atoms with Gasteiger partial charge in [-0.15, -0.1) is 0 Å². The van der Waals surface area contributed by atoms with Crippen LogP contribution in [-0.2, 0) is 16.0 Å². The van der Waals surface area contributed by atoms with Crippen molar-refractivity contribution < 1.29 is 14.2 Å². The van der Waals surface area contributed by atoms with Crippen molar-refractivity contribution in [2.24, 2.45) is 0 Å². The molecule has 102 valence electrons. The zero-order valence-corrected chi connectivity index (χ0v) is 11.4. The van der Waals surface area contributed by atoms with Crippen LogP contribution in [0.25, 0.3) is 0 Å². The molecule has 1 N–H and O–H groups in total. The van der Waals surface area contributed by atoms with E-state index in [0.717, 1.165) is 25.4 Å². The number of hydrogen-bond acceptors (Lipinski definition) is 4. The van der Waals surface area contributed by atoms with Gasteiger partial charge >= 0.3 is 0 Å². The molecular weight excluding hydrogens is 230 g/mol. The van der Waals surface area contributed by atoms with Crippen LogP contribution in [0.3, 0.4) is 0 Å². The second-order valence-electron chi connectivity index (χ2n) is 4.17. The number of nitrogens with one attached hydrogen (secondary N) is 1. The van der Waals surface area contributed by atoms with Gasteiger partial charge in [-0.1, -0.05) is 12.1 Å². The maximum absolute atomic E-state index is 5.65. The zero-order valence-electron chi connectivity index (χ0n) is 11.4. The quantitative estimate of drug-likeness (QED) is 0.682. The van der Waals surface area contributed by atoms with E-state index < -0.39 is 0 Å².